The van der Waals surface area contributed by atoms with Crippen molar-refractivity contribution in [2.45, 2.75) is 9.53 Å². The Hall–Kier alpha value is -0.770. The SMILES string of the molecule is IC12C=CC=CC1Oc1ccccc12. The van der Waals surface area contributed by atoms with Crippen LogP contribution < -0.4 is 4.74 Å². The zero-order valence-electron chi connectivity index (χ0n) is 7.48. The third-order valence-corrected chi connectivity index (χ3v) is 4.26. The second-order valence-electron chi connectivity index (χ2n) is 3.55. The van der Waals surface area contributed by atoms with Crippen LogP contribution in [0.25, 0.3) is 0 Å². The summed E-state index contributed by atoms with van der Waals surface area (Å²) in [6.07, 6.45) is 8.63. The maximum Gasteiger partial charge on any atom is 0.139 e. The van der Waals surface area contributed by atoms with Gasteiger partial charge >= 0.3 is 0 Å². The number of para-hydroxylation sites is 1. The van der Waals surface area contributed by atoms with Crippen molar-refractivity contribution in [3.8, 4) is 5.75 Å². The van der Waals surface area contributed by atoms with E-state index in [4.69, 9.17) is 4.74 Å². The molecule has 0 saturated carbocycles. The maximum atomic E-state index is 5.87. The molecule has 1 aliphatic heterocycles. The highest BCUT2D eigenvalue weighted by Gasteiger charge is 2.44. The van der Waals surface area contributed by atoms with E-state index in [9.17, 15) is 0 Å². The molecule has 70 valence electrons. The normalized spacial score (nSPS) is 32.2. The molecule has 0 aromatic heterocycles. The molecule has 0 radical (unpaired) electrons. The summed E-state index contributed by atoms with van der Waals surface area (Å²) in [6, 6.07) is 8.27. The second kappa shape index (κ2) is 2.86. The van der Waals surface area contributed by atoms with E-state index in [0.29, 0.717) is 0 Å². The minimum Gasteiger partial charge on any atom is -0.484 e. The first-order valence-electron chi connectivity index (χ1n) is 4.62. The van der Waals surface area contributed by atoms with Crippen LogP contribution >= 0.6 is 22.6 Å². The molecule has 1 nitrogen and oxygen atoms in total. The van der Waals surface area contributed by atoms with E-state index in [1.807, 2.05) is 18.2 Å². The monoisotopic (exact) mass is 296 g/mol. The Morgan fingerprint density at radius 3 is 3.00 bits per heavy atom. The van der Waals surface area contributed by atoms with Crippen molar-refractivity contribution in [2.24, 2.45) is 0 Å². The third kappa shape index (κ3) is 1.00. The average Bonchev–Trinajstić information content (AvgIpc) is 2.51. The number of benzene rings is 1. The Kier molecular flexibility index (Phi) is 1.74. The first-order chi connectivity index (χ1) is 6.81. The molecule has 0 N–H and O–H groups in total. The van der Waals surface area contributed by atoms with E-state index in [0.717, 1.165) is 5.75 Å². The first-order valence-corrected chi connectivity index (χ1v) is 5.70. The quantitative estimate of drug-likeness (QED) is 0.528. The summed E-state index contributed by atoms with van der Waals surface area (Å²) >= 11 is 2.47. The van der Waals surface area contributed by atoms with Crippen molar-refractivity contribution in [3.05, 3.63) is 54.1 Å². The lowest BCUT2D eigenvalue weighted by Crippen LogP contribution is -2.29. The van der Waals surface area contributed by atoms with Gasteiger partial charge in [0, 0.05) is 5.56 Å². The van der Waals surface area contributed by atoms with E-state index in [-0.39, 0.29) is 9.53 Å². The summed E-state index contributed by atoms with van der Waals surface area (Å²) in [5, 5.41) is 0. The van der Waals surface area contributed by atoms with Gasteiger partial charge in [0.05, 0.1) is 0 Å². The van der Waals surface area contributed by atoms with Gasteiger partial charge in [-0.2, -0.15) is 0 Å². The lowest BCUT2D eigenvalue weighted by molar-refractivity contribution is 0.263. The Bertz CT molecular complexity index is 436. The van der Waals surface area contributed by atoms with E-state index in [1.165, 1.54) is 5.56 Å². The van der Waals surface area contributed by atoms with Crippen LogP contribution in [0.15, 0.2) is 48.6 Å². The molecule has 14 heavy (non-hydrogen) atoms. The molecular formula is C12H9IO. The van der Waals surface area contributed by atoms with E-state index >= 15 is 0 Å². The van der Waals surface area contributed by atoms with Crippen molar-refractivity contribution >= 4 is 22.6 Å². The molecule has 0 bridgehead atoms. The summed E-state index contributed by atoms with van der Waals surface area (Å²) in [7, 11) is 0. The fourth-order valence-electron chi connectivity index (χ4n) is 1.99. The van der Waals surface area contributed by atoms with Crippen LogP contribution in [-0.4, -0.2) is 6.10 Å². The van der Waals surface area contributed by atoms with E-state index in [2.05, 4.69) is 53.0 Å². The summed E-state index contributed by atoms with van der Waals surface area (Å²) < 4.78 is 5.87. The van der Waals surface area contributed by atoms with Gasteiger partial charge in [-0.3, -0.25) is 0 Å². The van der Waals surface area contributed by atoms with Gasteiger partial charge in [-0.15, -0.1) is 0 Å². The molecule has 0 amide bonds. The highest BCUT2D eigenvalue weighted by Crippen LogP contribution is 2.50. The number of fused-ring (bicyclic) bond motifs is 3. The summed E-state index contributed by atoms with van der Waals surface area (Å²) in [4.78, 5) is 0. The standard InChI is InChI=1S/C12H9IO/c13-12-8-4-3-7-11(12)14-10-6-2-1-5-9(10)12/h1-8,11H. The number of rotatable bonds is 0. The molecule has 2 aliphatic rings. The van der Waals surface area contributed by atoms with Crippen LogP contribution in [0, 0.1) is 0 Å². The van der Waals surface area contributed by atoms with Gasteiger partial charge in [0.15, 0.2) is 0 Å². The van der Waals surface area contributed by atoms with Gasteiger partial charge in [-0.05, 0) is 12.1 Å². The van der Waals surface area contributed by atoms with Crippen LogP contribution in [0.2, 0.25) is 0 Å². The number of hydrogen-bond acceptors (Lipinski definition) is 1. The molecular weight excluding hydrogens is 287 g/mol. The van der Waals surface area contributed by atoms with Gasteiger partial charge in [-0.1, -0.05) is 59.0 Å². The lowest BCUT2D eigenvalue weighted by Gasteiger charge is -2.24. The van der Waals surface area contributed by atoms with E-state index in [1.54, 1.807) is 0 Å². The van der Waals surface area contributed by atoms with Crippen molar-refractivity contribution in [1.29, 1.82) is 0 Å². The molecule has 0 spiro atoms. The zero-order valence-corrected chi connectivity index (χ0v) is 9.64. The second-order valence-corrected chi connectivity index (χ2v) is 5.33. The smallest absolute Gasteiger partial charge is 0.139 e. The summed E-state index contributed by atoms with van der Waals surface area (Å²) in [6.45, 7) is 0. The predicted molar refractivity (Wildman–Crippen MR) is 64.8 cm³/mol. The minimum absolute atomic E-state index is 0.00308. The largest absolute Gasteiger partial charge is 0.484 e. The Labute approximate surface area is 96.6 Å². The number of allylic oxidation sites excluding steroid dienone is 2. The highest BCUT2D eigenvalue weighted by molar-refractivity contribution is 14.1. The fraction of sp³-hybridized carbons (Fsp3) is 0.167. The molecule has 2 atom stereocenters. The third-order valence-electron chi connectivity index (χ3n) is 2.70. The Morgan fingerprint density at radius 1 is 1.21 bits per heavy atom. The molecule has 0 fully saturated rings. The van der Waals surface area contributed by atoms with Crippen LogP contribution in [0.5, 0.6) is 5.75 Å². The van der Waals surface area contributed by atoms with Gasteiger partial charge in [-0.25, -0.2) is 0 Å². The maximum absolute atomic E-state index is 5.87. The van der Waals surface area contributed by atoms with Crippen LogP contribution in [0.4, 0.5) is 0 Å². The van der Waals surface area contributed by atoms with Crippen molar-refractivity contribution in [1.82, 2.24) is 0 Å². The van der Waals surface area contributed by atoms with Crippen LogP contribution in [0.3, 0.4) is 0 Å². The van der Waals surface area contributed by atoms with Crippen LogP contribution in [-0.2, 0) is 3.42 Å². The van der Waals surface area contributed by atoms with Crippen molar-refractivity contribution in [3.63, 3.8) is 0 Å². The molecule has 0 saturated heterocycles. The van der Waals surface area contributed by atoms with Crippen LogP contribution in [0.1, 0.15) is 5.56 Å². The fourth-order valence-corrected chi connectivity index (χ4v) is 2.97. The molecule has 1 aromatic rings. The average molecular weight is 296 g/mol. The zero-order chi connectivity index (χ0) is 9.60. The highest BCUT2D eigenvalue weighted by atomic mass is 127. The van der Waals surface area contributed by atoms with Gasteiger partial charge in [0.1, 0.15) is 15.3 Å². The topological polar surface area (TPSA) is 9.23 Å². The van der Waals surface area contributed by atoms with Crippen molar-refractivity contribution in [2.75, 3.05) is 0 Å². The summed E-state index contributed by atoms with van der Waals surface area (Å²) in [5.74, 6) is 1.02. The number of ether oxygens (including phenoxy) is 1. The molecule has 3 rings (SSSR count). The summed E-state index contributed by atoms with van der Waals surface area (Å²) in [5.41, 5.74) is 1.28. The molecule has 2 heteroatoms. The lowest BCUT2D eigenvalue weighted by atomic mass is 9.92. The predicted octanol–water partition coefficient (Wildman–Crippen LogP) is 3.20. The van der Waals surface area contributed by atoms with Crippen molar-refractivity contribution < 1.29 is 4.74 Å². The number of halogens is 1. The van der Waals surface area contributed by atoms with Gasteiger partial charge < -0.3 is 4.74 Å². The molecule has 1 heterocycles. The molecule has 2 unspecified atom stereocenters. The van der Waals surface area contributed by atoms with Gasteiger partial charge in [0.25, 0.3) is 0 Å². The first kappa shape index (κ1) is 8.53. The Balaban J connectivity index is 2.21. The van der Waals surface area contributed by atoms with E-state index < -0.39 is 0 Å². The molecule has 1 aliphatic carbocycles. The number of alkyl halides is 1. The number of hydrogen-bond donors (Lipinski definition) is 0. The minimum atomic E-state index is 0.00308. The van der Waals surface area contributed by atoms with Gasteiger partial charge in [0.2, 0.25) is 0 Å². The molecule has 1 aromatic carbocycles. The Morgan fingerprint density at radius 2 is 2.07 bits per heavy atom.